The van der Waals surface area contributed by atoms with Crippen molar-refractivity contribution in [2.24, 2.45) is 5.73 Å². The zero-order chi connectivity index (χ0) is 15.4. The second-order valence-corrected chi connectivity index (χ2v) is 4.25. The summed E-state index contributed by atoms with van der Waals surface area (Å²) in [7, 11) is 0. The van der Waals surface area contributed by atoms with Gasteiger partial charge in [0.25, 0.3) is 5.91 Å². The summed E-state index contributed by atoms with van der Waals surface area (Å²) in [5.74, 6) is -12.3. The molecule has 1 aromatic rings. The van der Waals surface area contributed by atoms with E-state index in [2.05, 4.69) is 5.32 Å². The van der Waals surface area contributed by atoms with Crippen LogP contribution >= 0.6 is 0 Å². The third-order valence-corrected chi connectivity index (χ3v) is 2.66. The standard InChI is InChI=1S/C12H13F5N2O/c1-5(3-2-4-18)19-12(20)6-7(13)9(15)11(17)10(16)8(6)14/h5H,2-4,18H2,1H3,(H,19,20). The number of carbonyl (C=O) groups excluding carboxylic acids is 1. The van der Waals surface area contributed by atoms with Crippen LogP contribution in [0.5, 0.6) is 0 Å². The second kappa shape index (κ2) is 6.65. The summed E-state index contributed by atoms with van der Waals surface area (Å²) in [5.41, 5.74) is 3.76. The van der Waals surface area contributed by atoms with Gasteiger partial charge in [0, 0.05) is 6.04 Å². The summed E-state index contributed by atoms with van der Waals surface area (Å²) < 4.78 is 65.4. The van der Waals surface area contributed by atoms with Crippen LogP contribution in [0.15, 0.2) is 0 Å². The van der Waals surface area contributed by atoms with E-state index in [0.29, 0.717) is 19.4 Å². The fraction of sp³-hybridized carbons (Fsp3) is 0.417. The first-order valence-corrected chi connectivity index (χ1v) is 5.83. The summed E-state index contributed by atoms with van der Waals surface area (Å²) in [6.45, 7) is 1.88. The van der Waals surface area contributed by atoms with Crippen LogP contribution < -0.4 is 11.1 Å². The molecule has 20 heavy (non-hydrogen) atoms. The van der Waals surface area contributed by atoms with Gasteiger partial charge in [-0.15, -0.1) is 0 Å². The number of hydrogen-bond acceptors (Lipinski definition) is 2. The van der Waals surface area contributed by atoms with E-state index >= 15 is 0 Å². The maximum Gasteiger partial charge on any atom is 0.257 e. The summed E-state index contributed by atoms with van der Waals surface area (Å²) in [6, 6.07) is -0.513. The van der Waals surface area contributed by atoms with E-state index in [-0.39, 0.29) is 0 Å². The first-order chi connectivity index (χ1) is 9.31. The van der Waals surface area contributed by atoms with E-state index in [1.807, 2.05) is 0 Å². The molecule has 1 rings (SSSR count). The molecule has 1 atom stereocenters. The van der Waals surface area contributed by atoms with Gasteiger partial charge in [0.1, 0.15) is 5.56 Å². The quantitative estimate of drug-likeness (QED) is 0.497. The summed E-state index contributed by atoms with van der Waals surface area (Å²) in [5, 5.41) is 2.16. The second-order valence-electron chi connectivity index (χ2n) is 4.25. The van der Waals surface area contributed by atoms with E-state index in [9.17, 15) is 26.7 Å². The van der Waals surface area contributed by atoms with Crippen LogP contribution in [0.1, 0.15) is 30.1 Å². The number of rotatable bonds is 5. The number of nitrogens with two attached hydrogens (primary N) is 1. The Labute approximate surface area is 112 Å². The van der Waals surface area contributed by atoms with E-state index in [1.165, 1.54) is 6.92 Å². The molecule has 0 aliphatic carbocycles. The average Bonchev–Trinajstić information content (AvgIpc) is 2.40. The highest BCUT2D eigenvalue weighted by Crippen LogP contribution is 2.23. The zero-order valence-electron chi connectivity index (χ0n) is 10.6. The predicted molar refractivity (Wildman–Crippen MR) is 61.4 cm³/mol. The van der Waals surface area contributed by atoms with Crippen LogP contribution in [-0.2, 0) is 0 Å². The van der Waals surface area contributed by atoms with Crippen molar-refractivity contribution in [3.8, 4) is 0 Å². The van der Waals surface area contributed by atoms with Gasteiger partial charge in [-0.25, -0.2) is 22.0 Å². The summed E-state index contributed by atoms with van der Waals surface area (Å²) >= 11 is 0. The highest BCUT2D eigenvalue weighted by molar-refractivity contribution is 5.95. The third kappa shape index (κ3) is 3.24. The Kier molecular flexibility index (Phi) is 5.43. The molecule has 3 N–H and O–H groups in total. The van der Waals surface area contributed by atoms with Gasteiger partial charge in [0.05, 0.1) is 0 Å². The van der Waals surface area contributed by atoms with E-state index in [0.717, 1.165) is 0 Å². The molecule has 1 aromatic carbocycles. The highest BCUT2D eigenvalue weighted by Gasteiger charge is 2.30. The maximum absolute atomic E-state index is 13.4. The summed E-state index contributed by atoms with van der Waals surface area (Å²) in [6.07, 6.45) is 0.955. The van der Waals surface area contributed by atoms with Gasteiger partial charge >= 0.3 is 0 Å². The Bertz CT molecular complexity index is 492. The molecule has 0 aliphatic rings. The molecule has 8 heteroatoms. The fourth-order valence-corrected chi connectivity index (χ4v) is 1.60. The molecule has 0 fully saturated rings. The van der Waals surface area contributed by atoms with Crippen molar-refractivity contribution in [3.63, 3.8) is 0 Å². The minimum atomic E-state index is -2.30. The number of halogens is 5. The van der Waals surface area contributed by atoms with Gasteiger partial charge in [-0.1, -0.05) is 0 Å². The van der Waals surface area contributed by atoms with Crippen molar-refractivity contribution >= 4 is 5.91 Å². The Hall–Kier alpha value is -1.70. The molecule has 0 radical (unpaired) electrons. The number of hydrogen-bond donors (Lipinski definition) is 2. The minimum Gasteiger partial charge on any atom is -0.349 e. The molecule has 112 valence electrons. The normalized spacial score (nSPS) is 12.3. The number of amides is 1. The minimum absolute atomic E-state index is 0.350. The first-order valence-electron chi connectivity index (χ1n) is 5.83. The Morgan fingerprint density at radius 1 is 1.05 bits per heavy atom. The molecule has 1 unspecified atom stereocenters. The van der Waals surface area contributed by atoms with Gasteiger partial charge in [0.15, 0.2) is 23.3 Å². The molecule has 0 spiro atoms. The van der Waals surface area contributed by atoms with Gasteiger partial charge < -0.3 is 11.1 Å². The van der Waals surface area contributed by atoms with Gasteiger partial charge in [-0.2, -0.15) is 0 Å². The van der Waals surface area contributed by atoms with E-state index < -0.39 is 46.6 Å². The molecule has 3 nitrogen and oxygen atoms in total. The van der Waals surface area contributed by atoms with E-state index in [4.69, 9.17) is 5.73 Å². The van der Waals surface area contributed by atoms with Crippen LogP contribution in [0.2, 0.25) is 0 Å². The van der Waals surface area contributed by atoms with Crippen LogP contribution in [0.3, 0.4) is 0 Å². The lowest BCUT2D eigenvalue weighted by Gasteiger charge is -2.14. The predicted octanol–water partition coefficient (Wildman–Crippen LogP) is 2.24. The smallest absolute Gasteiger partial charge is 0.257 e. The SMILES string of the molecule is CC(CCCN)NC(=O)c1c(F)c(F)c(F)c(F)c1F. The first kappa shape index (κ1) is 16.4. The lowest BCUT2D eigenvalue weighted by Crippen LogP contribution is -2.34. The molecule has 1 amide bonds. The van der Waals surface area contributed by atoms with Gasteiger partial charge in [-0.3, -0.25) is 4.79 Å². The Balaban J connectivity index is 3.05. The number of carbonyl (C=O) groups is 1. The number of benzene rings is 1. The van der Waals surface area contributed by atoms with Crippen molar-refractivity contribution in [1.29, 1.82) is 0 Å². The molecule has 0 bridgehead atoms. The zero-order valence-corrected chi connectivity index (χ0v) is 10.6. The lowest BCUT2D eigenvalue weighted by atomic mass is 10.1. The van der Waals surface area contributed by atoms with Crippen molar-refractivity contribution in [2.45, 2.75) is 25.8 Å². The van der Waals surface area contributed by atoms with Gasteiger partial charge in [0.2, 0.25) is 5.82 Å². The third-order valence-electron chi connectivity index (χ3n) is 2.66. The maximum atomic E-state index is 13.4. The van der Waals surface area contributed by atoms with Crippen LogP contribution in [0, 0.1) is 29.1 Å². The van der Waals surface area contributed by atoms with Crippen molar-refractivity contribution in [1.82, 2.24) is 5.32 Å². The topological polar surface area (TPSA) is 55.1 Å². The van der Waals surface area contributed by atoms with Crippen LogP contribution in [-0.4, -0.2) is 18.5 Å². The van der Waals surface area contributed by atoms with Crippen molar-refractivity contribution in [2.75, 3.05) is 6.54 Å². The Morgan fingerprint density at radius 2 is 1.50 bits per heavy atom. The summed E-state index contributed by atoms with van der Waals surface area (Å²) in [4.78, 5) is 11.6. The molecule has 0 aliphatic heterocycles. The van der Waals surface area contributed by atoms with E-state index in [1.54, 1.807) is 0 Å². The fourth-order valence-electron chi connectivity index (χ4n) is 1.60. The molecule has 0 saturated carbocycles. The lowest BCUT2D eigenvalue weighted by molar-refractivity contribution is 0.0926. The number of nitrogens with one attached hydrogen (secondary N) is 1. The molecule has 0 saturated heterocycles. The molecule has 0 aromatic heterocycles. The monoisotopic (exact) mass is 296 g/mol. The molecule has 0 heterocycles. The molecular formula is C12H13F5N2O. The largest absolute Gasteiger partial charge is 0.349 e. The van der Waals surface area contributed by atoms with Crippen molar-refractivity contribution < 1.29 is 26.7 Å². The van der Waals surface area contributed by atoms with Crippen LogP contribution in [0.25, 0.3) is 0 Å². The average molecular weight is 296 g/mol. The van der Waals surface area contributed by atoms with Crippen molar-refractivity contribution in [3.05, 3.63) is 34.6 Å². The molecular weight excluding hydrogens is 283 g/mol. The highest BCUT2D eigenvalue weighted by atomic mass is 19.2. The Morgan fingerprint density at radius 3 is 1.95 bits per heavy atom. The van der Waals surface area contributed by atoms with Crippen LogP contribution in [0.4, 0.5) is 22.0 Å². The van der Waals surface area contributed by atoms with Gasteiger partial charge in [-0.05, 0) is 26.3 Å².